The molecule has 8 nitrogen and oxygen atoms in total. The normalized spacial score (nSPS) is 12.1. The summed E-state index contributed by atoms with van der Waals surface area (Å²) in [5, 5.41) is 7.00. The highest BCUT2D eigenvalue weighted by Gasteiger charge is 2.21. The third kappa shape index (κ3) is 2.99. The van der Waals surface area contributed by atoms with Crippen molar-refractivity contribution in [3.63, 3.8) is 0 Å². The summed E-state index contributed by atoms with van der Waals surface area (Å²) < 4.78 is 8.37. The molecule has 0 saturated heterocycles. The van der Waals surface area contributed by atoms with E-state index in [4.69, 9.17) is 19.7 Å². The van der Waals surface area contributed by atoms with Crippen molar-refractivity contribution in [1.29, 1.82) is 0 Å². The molecule has 0 aliphatic carbocycles. The number of rotatable bonds is 5. The van der Waals surface area contributed by atoms with Gasteiger partial charge in [0.2, 0.25) is 0 Å². The van der Waals surface area contributed by atoms with Gasteiger partial charge >= 0.3 is 0 Å². The Bertz CT molecular complexity index is 1470. The topological polar surface area (TPSA) is 87.2 Å². The summed E-state index contributed by atoms with van der Waals surface area (Å²) >= 11 is 1.58. The lowest BCUT2D eigenvalue weighted by atomic mass is 10.3. The molecule has 0 unspecified atom stereocenters. The summed E-state index contributed by atoms with van der Waals surface area (Å²) in [4.78, 5) is 28.6. The van der Waals surface area contributed by atoms with Crippen molar-refractivity contribution < 1.29 is 4.74 Å². The number of methoxy groups -OCH3 is 1. The van der Waals surface area contributed by atoms with Crippen molar-refractivity contribution in [1.82, 2.24) is 24.2 Å². The Morgan fingerprint density at radius 1 is 1.10 bits per heavy atom. The van der Waals surface area contributed by atoms with Crippen LogP contribution in [0.1, 0.15) is 10.7 Å². The maximum Gasteiger partial charge on any atom is 0.265 e. The predicted molar refractivity (Wildman–Crippen MR) is 119 cm³/mol. The molecule has 0 saturated carbocycles. The van der Waals surface area contributed by atoms with Gasteiger partial charge in [-0.2, -0.15) is 9.78 Å². The van der Waals surface area contributed by atoms with Crippen molar-refractivity contribution in [2.45, 2.75) is 13.5 Å². The van der Waals surface area contributed by atoms with Gasteiger partial charge in [-0.25, -0.2) is 15.0 Å². The summed E-state index contributed by atoms with van der Waals surface area (Å²) in [6.07, 6.45) is 1.74. The first-order chi connectivity index (χ1) is 14.7. The van der Waals surface area contributed by atoms with Gasteiger partial charge in [0, 0.05) is 12.0 Å². The zero-order valence-corrected chi connectivity index (χ0v) is 17.3. The molecular formula is C21H18N6O2S. The van der Waals surface area contributed by atoms with E-state index in [0.717, 1.165) is 15.9 Å². The van der Waals surface area contributed by atoms with Gasteiger partial charge in [-0.3, -0.25) is 9.36 Å². The van der Waals surface area contributed by atoms with Gasteiger partial charge in [-0.05, 0) is 30.5 Å². The minimum Gasteiger partial charge on any atom is -0.383 e. The molecule has 4 heterocycles. The summed E-state index contributed by atoms with van der Waals surface area (Å²) in [6.45, 7) is 2.63. The lowest BCUT2D eigenvalue weighted by Crippen LogP contribution is -2.25. The fourth-order valence-electron chi connectivity index (χ4n) is 3.45. The fourth-order valence-corrected chi connectivity index (χ4v) is 4.03. The van der Waals surface area contributed by atoms with Crippen molar-refractivity contribution in [2.24, 2.45) is 5.10 Å². The number of hydrogen-bond donors (Lipinski definition) is 0. The van der Waals surface area contributed by atoms with Gasteiger partial charge in [0.25, 0.3) is 5.56 Å². The van der Waals surface area contributed by atoms with Gasteiger partial charge in [-0.15, -0.1) is 11.3 Å². The lowest BCUT2D eigenvalue weighted by molar-refractivity contribution is 0.185. The zero-order valence-electron chi connectivity index (χ0n) is 16.4. The number of fused-ring (bicyclic) bond motifs is 4. The molecule has 30 heavy (non-hydrogen) atoms. The van der Waals surface area contributed by atoms with Crippen LogP contribution in [-0.2, 0) is 11.3 Å². The molecule has 0 aliphatic heterocycles. The minimum absolute atomic E-state index is 0.172. The Morgan fingerprint density at radius 3 is 2.63 bits per heavy atom. The van der Waals surface area contributed by atoms with Gasteiger partial charge in [0.05, 0.1) is 30.4 Å². The molecular weight excluding hydrogens is 400 g/mol. The number of ether oxygens (including phenoxy) is 1. The maximum absolute atomic E-state index is 13.4. The van der Waals surface area contributed by atoms with E-state index in [2.05, 4.69) is 5.10 Å². The average molecular weight is 418 g/mol. The summed E-state index contributed by atoms with van der Waals surface area (Å²) in [6, 6.07) is 11.5. The molecule has 0 spiro atoms. The minimum atomic E-state index is -0.172. The van der Waals surface area contributed by atoms with E-state index in [1.54, 1.807) is 40.8 Å². The number of nitrogens with zero attached hydrogens (tertiary/aromatic N) is 6. The standard InChI is InChI=1S/C21H18N6O2S/c1-13-23-19-17(21(28)26(13)9-10-29-2)18-20(25-16-8-4-3-7-15(16)24-18)27(19)22-12-14-6-5-11-30-14/h3-8,11-12H,9-10H2,1-2H3/b22-12-. The maximum atomic E-state index is 13.4. The second-order valence-corrected chi connectivity index (χ2v) is 7.74. The van der Waals surface area contributed by atoms with Crippen LogP contribution in [0.25, 0.3) is 33.2 Å². The second-order valence-electron chi connectivity index (χ2n) is 6.76. The second kappa shape index (κ2) is 7.43. The first-order valence-electron chi connectivity index (χ1n) is 9.42. The van der Waals surface area contributed by atoms with Crippen molar-refractivity contribution in [3.05, 3.63) is 62.8 Å². The number of thiophene rings is 1. The van der Waals surface area contributed by atoms with E-state index >= 15 is 0 Å². The van der Waals surface area contributed by atoms with Gasteiger partial charge in [0.15, 0.2) is 11.3 Å². The number of aromatic nitrogens is 5. The van der Waals surface area contributed by atoms with Crippen LogP contribution in [0.5, 0.6) is 0 Å². The van der Waals surface area contributed by atoms with Gasteiger partial charge < -0.3 is 4.74 Å². The Balaban J connectivity index is 1.87. The molecule has 0 fully saturated rings. The van der Waals surface area contributed by atoms with E-state index in [1.165, 1.54) is 0 Å². The van der Waals surface area contributed by atoms with Gasteiger partial charge in [0.1, 0.15) is 16.7 Å². The molecule has 0 amide bonds. The first kappa shape index (κ1) is 18.6. The van der Waals surface area contributed by atoms with Crippen molar-refractivity contribution in [3.8, 4) is 0 Å². The van der Waals surface area contributed by atoms with Crippen LogP contribution in [0.4, 0.5) is 0 Å². The highest BCUT2D eigenvalue weighted by molar-refractivity contribution is 7.11. The van der Waals surface area contributed by atoms with E-state index in [-0.39, 0.29) is 5.56 Å². The van der Waals surface area contributed by atoms with E-state index < -0.39 is 0 Å². The van der Waals surface area contributed by atoms with E-state index in [0.29, 0.717) is 41.2 Å². The van der Waals surface area contributed by atoms with Crippen molar-refractivity contribution in [2.75, 3.05) is 13.7 Å². The molecule has 4 aromatic heterocycles. The molecule has 5 aromatic rings. The number of benzene rings is 1. The summed E-state index contributed by atoms with van der Waals surface area (Å²) in [5.74, 6) is 0.587. The van der Waals surface area contributed by atoms with Crippen LogP contribution in [0.15, 0.2) is 51.7 Å². The number of para-hydroxylation sites is 2. The molecule has 0 N–H and O–H groups in total. The lowest BCUT2D eigenvalue weighted by Gasteiger charge is -2.08. The Hall–Kier alpha value is -3.43. The third-order valence-electron chi connectivity index (χ3n) is 4.89. The molecule has 0 atom stereocenters. The zero-order chi connectivity index (χ0) is 20.7. The predicted octanol–water partition coefficient (Wildman–Crippen LogP) is 3.19. The number of aryl methyl sites for hydroxylation is 1. The van der Waals surface area contributed by atoms with Crippen LogP contribution >= 0.6 is 11.3 Å². The highest BCUT2D eigenvalue weighted by Crippen LogP contribution is 2.25. The monoisotopic (exact) mass is 418 g/mol. The summed E-state index contributed by atoms with van der Waals surface area (Å²) in [5.41, 5.74) is 2.73. The van der Waals surface area contributed by atoms with Crippen LogP contribution in [0, 0.1) is 6.92 Å². The first-order valence-corrected chi connectivity index (χ1v) is 10.3. The van der Waals surface area contributed by atoms with Crippen LogP contribution in [0.2, 0.25) is 0 Å². The Labute approximate surface area is 175 Å². The van der Waals surface area contributed by atoms with E-state index in [9.17, 15) is 4.79 Å². The van der Waals surface area contributed by atoms with E-state index in [1.807, 2.05) is 41.8 Å². The SMILES string of the molecule is COCCn1c(C)nc2c(c1=O)c1nc3ccccc3nc1n2/N=C\c1cccs1. The third-order valence-corrected chi connectivity index (χ3v) is 5.70. The largest absolute Gasteiger partial charge is 0.383 e. The van der Waals surface area contributed by atoms with Crippen molar-refractivity contribution >= 4 is 50.8 Å². The fraction of sp³-hybridized carbons (Fsp3) is 0.190. The average Bonchev–Trinajstić information content (AvgIpc) is 3.36. The van der Waals surface area contributed by atoms with Crippen LogP contribution < -0.4 is 5.56 Å². The molecule has 5 rings (SSSR count). The molecule has 1 aromatic carbocycles. The molecule has 9 heteroatoms. The highest BCUT2D eigenvalue weighted by atomic mass is 32.1. The molecule has 0 aliphatic rings. The Morgan fingerprint density at radius 2 is 1.90 bits per heavy atom. The molecule has 150 valence electrons. The Kier molecular flexibility index (Phi) is 4.61. The van der Waals surface area contributed by atoms with Gasteiger partial charge in [-0.1, -0.05) is 18.2 Å². The van der Waals surface area contributed by atoms with Crippen LogP contribution in [-0.4, -0.2) is 44.1 Å². The van der Waals surface area contributed by atoms with Crippen LogP contribution in [0.3, 0.4) is 0 Å². The summed E-state index contributed by atoms with van der Waals surface area (Å²) in [7, 11) is 1.61. The number of hydrogen-bond acceptors (Lipinski definition) is 7. The quantitative estimate of drug-likeness (QED) is 0.409. The molecule has 0 radical (unpaired) electrons. The smallest absolute Gasteiger partial charge is 0.265 e. The molecule has 0 bridgehead atoms.